The summed E-state index contributed by atoms with van der Waals surface area (Å²) in [6.07, 6.45) is -0.251. The number of hydrogen-bond donors (Lipinski definition) is 4. The van der Waals surface area contributed by atoms with Crippen molar-refractivity contribution in [3.05, 3.63) is 269 Å². The molecule has 0 saturated carbocycles. The maximum atomic E-state index is 6.25. The summed E-state index contributed by atoms with van der Waals surface area (Å²) in [5.41, 5.74) is 26.4. The lowest BCUT2D eigenvalue weighted by atomic mass is 9.91. The van der Waals surface area contributed by atoms with Crippen LogP contribution in [0.15, 0.2) is 231 Å². The minimum Gasteiger partial charge on any atom is -0.366 e. The first-order valence-corrected chi connectivity index (χ1v) is 21.8. The first-order valence-electron chi connectivity index (χ1n) is 21.8. The fourth-order valence-corrected chi connectivity index (χ4v) is 8.97. The molecule has 4 nitrogen and oxygen atoms in total. The monoisotopic (exact) mass is 814 g/mol. The van der Waals surface area contributed by atoms with Crippen molar-refractivity contribution in [3.63, 3.8) is 0 Å². The average Bonchev–Trinajstić information content (AvgIpc) is 4.11. The van der Waals surface area contributed by atoms with Crippen LogP contribution in [0.4, 0.5) is 5.69 Å². The Morgan fingerprint density at radius 2 is 0.825 bits per heavy atom. The van der Waals surface area contributed by atoms with Gasteiger partial charge in [-0.15, -0.1) is 0 Å². The van der Waals surface area contributed by atoms with Crippen LogP contribution in [0.25, 0.3) is 44.5 Å². The van der Waals surface area contributed by atoms with E-state index in [1.54, 1.807) is 0 Å². The zero-order valence-corrected chi connectivity index (χ0v) is 35.3. The van der Waals surface area contributed by atoms with E-state index in [1.807, 2.05) is 7.05 Å². The Morgan fingerprint density at radius 1 is 0.397 bits per heavy atom. The first kappa shape index (κ1) is 39.8. The Bertz CT molecular complexity index is 2940. The number of nitrogens with one attached hydrogen (secondary N) is 3. The summed E-state index contributed by atoms with van der Waals surface area (Å²) in [5, 5.41) is 10.7. The standard InChI is InChI=1S/C34H32N4.C25H18/c1-36-33(35)28-13-8-14-29(22-28)34-37-31-16-6-5-15-30(31)32(38-34)27-12-7-11-26(21-27)25-19-17-24(18-20-25)23-9-3-2-4-10-23;1-2-7-18(8-3-1)19-13-15-20(16-14-19)21-9-6-10-22(17-21)25-23-11-4-5-12-24(23)25/h2-22,32-34,36-38H,35H2,1H3;1-17,25H. The molecule has 11 rings (SSSR count). The SMILES string of the molecule is CNC(N)c1cccc(C2Nc3ccccc3C(c3cccc(-c4ccc(-c5ccccc5)cc4)c3)N2)c1.c1ccc(-c2ccc(-c3cccc(C4c5ccccc54)c3)cc2)cc1. The molecule has 5 N–H and O–H groups in total. The van der Waals surface area contributed by atoms with E-state index in [2.05, 4.69) is 246 Å². The van der Waals surface area contributed by atoms with E-state index in [1.165, 1.54) is 72.3 Å². The highest BCUT2D eigenvalue weighted by Gasteiger charge is 2.33. The largest absolute Gasteiger partial charge is 0.366 e. The van der Waals surface area contributed by atoms with E-state index >= 15 is 0 Å². The summed E-state index contributed by atoms with van der Waals surface area (Å²) < 4.78 is 0. The number of anilines is 1. The molecule has 0 spiro atoms. The van der Waals surface area contributed by atoms with E-state index in [0.29, 0.717) is 5.92 Å². The molecule has 1 heterocycles. The second kappa shape index (κ2) is 17.9. The lowest BCUT2D eigenvalue weighted by Crippen LogP contribution is -2.37. The number of hydrogen-bond acceptors (Lipinski definition) is 4. The van der Waals surface area contributed by atoms with Gasteiger partial charge in [0.05, 0.1) is 12.2 Å². The van der Waals surface area contributed by atoms with Gasteiger partial charge in [0, 0.05) is 11.6 Å². The molecule has 0 aromatic heterocycles. The fourth-order valence-electron chi connectivity index (χ4n) is 8.97. The maximum absolute atomic E-state index is 6.25. The number of para-hydroxylation sites is 1. The van der Waals surface area contributed by atoms with Crippen LogP contribution in [0, 0.1) is 0 Å². The zero-order chi connectivity index (χ0) is 42.5. The molecule has 4 heteroatoms. The third-order valence-electron chi connectivity index (χ3n) is 12.4. The normalized spacial score (nSPS) is 15.5. The van der Waals surface area contributed by atoms with Crippen molar-refractivity contribution in [2.75, 3.05) is 12.4 Å². The highest BCUT2D eigenvalue weighted by atomic mass is 15.2. The van der Waals surface area contributed by atoms with Crippen LogP contribution in [0.5, 0.6) is 0 Å². The van der Waals surface area contributed by atoms with Crippen LogP contribution < -0.4 is 21.7 Å². The lowest BCUT2D eigenvalue weighted by Gasteiger charge is -2.35. The van der Waals surface area contributed by atoms with E-state index < -0.39 is 0 Å². The van der Waals surface area contributed by atoms with Crippen LogP contribution in [0.1, 0.15) is 63.2 Å². The molecule has 0 saturated heterocycles. The Labute approximate surface area is 371 Å². The molecule has 9 aromatic rings. The molecule has 2 aliphatic rings. The van der Waals surface area contributed by atoms with Crippen molar-refractivity contribution in [1.29, 1.82) is 0 Å². The van der Waals surface area contributed by atoms with Gasteiger partial charge in [-0.25, -0.2) is 0 Å². The van der Waals surface area contributed by atoms with Gasteiger partial charge in [-0.05, 0) is 109 Å². The third kappa shape index (κ3) is 8.61. The minimum atomic E-state index is -0.202. The molecule has 0 radical (unpaired) electrons. The van der Waals surface area contributed by atoms with E-state index in [9.17, 15) is 0 Å². The highest BCUT2D eigenvalue weighted by Crippen LogP contribution is 2.48. The average molecular weight is 815 g/mol. The van der Waals surface area contributed by atoms with Gasteiger partial charge in [0.25, 0.3) is 0 Å². The van der Waals surface area contributed by atoms with E-state index in [-0.39, 0.29) is 18.4 Å². The second-order valence-corrected chi connectivity index (χ2v) is 16.4. The molecule has 0 bridgehead atoms. The molecule has 1 aliphatic heterocycles. The van der Waals surface area contributed by atoms with E-state index in [4.69, 9.17) is 5.73 Å². The fraction of sp³-hybridized carbons (Fsp3) is 0.0847. The van der Waals surface area contributed by atoms with Gasteiger partial charge in [-0.1, -0.05) is 212 Å². The summed E-state index contributed by atoms with van der Waals surface area (Å²) in [6.45, 7) is 0. The number of nitrogens with two attached hydrogens (primary N) is 1. The van der Waals surface area contributed by atoms with Crippen molar-refractivity contribution in [2.24, 2.45) is 5.73 Å². The lowest BCUT2D eigenvalue weighted by molar-refractivity contribution is 0.505. The van der Waals surface area contributed by atoms with Crippen LogP contribution in [0.2, 0.25) is 0 Å². The number of fused-ring (bicyclic) bond motifs is 2. The number of rotatable bonds is 9. The maximum Gasteiger partial charge on any atom is 0.104 e. The van der Waals surface area contributed by atoms with Gasteiger partial charge in [-0.3, -0.25) is 5.32 Å². The predicted molar refractivity (Wildman–Crippen MR) is 262 cm³/mol. The molecule has 306 valence electrons. The van der Waals surface area contributed by atoms with Gasteiger partial charge in [0.15, 0.2) is 0 Å². The van der Waals surface area contributed by atoms with Crippen molar-refractivity contribution in [3.8, 4) is 44.5 Å². The summed E-state index contributed by atoms with van der Waals surface area (Å²) >= 11 is 0. The van der Waals surface area contributed by atoms with Gasteiger partial charge in [0.2, 0.25) is 0 Å². The molecule has 1 aliphatic carbocycles. The summed E-state index contributed by atoms with van der Waals surface area (Å²) in [6, 6.07) is 82.3. The van der Waals surface area contributed by atoms with Crippen LogP contribution >= 0.6 is 0 Å². The van der Waals surface area contributed by atoms with Crippen LogP contribution in [-0.4, -0.2) is 7.05 Å². The van der Waals surface area contributed by atoms with Crippen molar-refractivity contribution in [2.45, 2.75) is 24.3 Å². The van der Waals surface area contributed by atoms with Crippen LogP contribution in [0.3, 0.4) is 0 Å². The molecular formula is C59H50N4. The molecular weight excluding hydrogens is 765 g/mol. The van der Waals surface area contributed by atoms with Crippen molar-refractivity contribution >= 4 is 5.69 Å². The van der Waals surface area contributed by atoms with Gasteiger partial charge >= 0.3 is 0 Å². The van der Waals surface area contributed by atoms with Crippen molar-refractivity contribution < 1.29 is 0 Å². The molecule has 3 atom stereocenters. The molecule has 0 fully saturated rings. The van der Waals surface area contributed by atoms with Gasteiger partial charge in [-0.2, -0.15) is 0 Å². The Morgan fingerprint density at radius 3 is 1.40 bits per heavy atom. The second-order valence-electron chi connectivity index (χ2n) is 16.4. The predicted octanol–water partition coefficient (Wildman–Crippen LogP) is 13.5. The van der Waals surface area contributed by atoms with Crippen LogP contribution in [-0.2, 0) is 0 Å². The third-order valence-corrected chi connectivity index (χ3v) is 12.4. The summed E-state index contributed by atoms with van der Waals surface area (Å²) in [7, 11) is 1.88. The Kier molecular flexibility index (Phi) is 11.3. The Hall–Kier alpha value is -7.34. The minimum absolute atomic E-state index is 0.0441. The molecule has 0 amide bonds. The van der Waals surface area contributed by atoms with Crippen molar-refractivity contribution in [1.82, 2.24) is 10.6 Å². The molecule has 3 unspecified atom stereocenters. The topological polar surface area (TPSA) is 62.1 Å². The molecule has 9 aromatic carbocycles. The summed E-state index contributed by atoms with van der Waals surface area (Å²) in [4.78, 5) is 0. The Balaban J connectivity index is 0.000000163. The quantitative estimate of drug-likeness (QED) is 0.110. The summed E-state index contributed by atoms with van der Waals surface area (Å²) in [5.74, 6) is 0.499. The first-order chi connectivity index (χ1) is 31.1. The smallest absolute Gasteiger partial charge is 0.104 e. The van der Waals surface area contributed by atoms with Gasteiger partial charge in [0.1, 0.15) is 6.17 Å². The van der Waals surface area contributed by atoms with Gasteiger partial charge < -0.3 is 16.4 Å². The highest BCUT2D eigenvalue weighted by molar-refractivity contribution is 5.73. The number of benzene rings is 9. The molecule has 63 heavy (non-hydrogen) atoms. The van der Waals surface area contributed by atoms with E-state index in [0.717, 1.165) is 16.8 Å². The zero-order valence-electron chi connectivity index (χ0n) is 35.3.